The molecule has 0 radical (unpaired) electrons. The van der Waals surface area contributed by atoms with E-state index >= 15 is 0 Å². The van der Waals surface area contributed by atoms with Crippen molar-refractivity contribution in [1.29, 1.82) is 0 Å². The maximum Gasteiger partial charge on any atom is 0.323 e. The fourth-order valence-corrected chi connectivity index (χ4v) is 3.90. The molecule has 1 atom stereocenters. The van der Waals surface area contributed by atoms with E-state index in [2.05, 4.69) is 36.3 Å². The third-order valence-corrected chi connectivity index (χ3v) is 5.56. The average Bonchev–Trinajstić information content (AvgIpc) is 3.21. The number of urea groups is 1. The van der Waals surface area contributed by atoms with Crippen LogP contribution in [-0.2, 0) is 11.3 Å². The molecule has 2 aliphatic heterocycles. The van der Waals surface area contributed by atoms with Crippen molar-refractivity contribution in [2.24, 2.45) is 0 Å². The maximum absolute atomic E-state index is 13.0. The van der Waals surface area contributed by atoms with Gasteiger partial charge < -0.3 is 15.0 Å². The van der Waals surface area contributed by atoms with Crippen LogP contribution in [0.2, 0.25) is 0 Å². The molecule has 0 aromatic heterocycles. The van der Waals surface area contributed by atoms with Gasteiger partial charge in [-0.05, 0) is 35.2 Å². The lowest BCUT2D eigenvalue weighted by atomic mass is 9.95. The van der Waals surface area contributed by atoms with Crippen LogP contribution in [0.5, 0.6) is 5.75 Å². The highest BCUT2D eigenvalue weighted by Crippen LogP contribution is 2.28. The predicted octanol–water partition coefficient (Wildman–Crippen LogP) is 2.40. The molecule has 1 saturated heterocycles. The van der Waals surface area contributed by atoms with Crippen molar-refractivity contribution in [3.63, 3.8) is 0 Å². The number of hydrogen-bond donors (Lipinski definition) is 2. The fraction of sp³-hybridized carbons (Fsp3) is 0.292. The molecule has 1 fully saturated rings. The van der Waals surface area contributed by atoms with E-state index in [4.69, 9.17) is 4.74 Å². The van der Waals surface area contributed by atoms with Crippen LogP contribution in [0, 0.1) is 11.8 Å². The van der Waals surface area contributed by atoms with Gasteiger partial charge in [-0.2, -0.15) is 0 Å². The number of ether oxygens (including phenoxy) is 1. The van der Waals surface area contributed by atoms with Gasteiger partial charge in [-0.1, -0.05) is 50.0 Å². The molecule has 158 valence electrons. The minimum Gasteiger partial charge on any atom is -0.497 e. The number of fused-ring (bicyclic) bond motifs is 1. The summed E-state index contributed by atoms with van der Waals surface area (Å²) in [5.74, 6) is 6.08. The lowest BCUT2D eigenvalue weighted by Gasteiger charge is -2.26. The van der Waals surface area contributed by atoms with Gasteiger partial charge in [-0.3, -0.25) is 14.9 Å². The molecule has 2 aromatic carbocycles. The smallest absolute Gasteiger partial charge is 0.323 e. The zero-order valence-electron chi connectivity index (χ0n) is 17.6. The van der Waals surface area contributed by atoms with Gasteiger partial charge in [0.15, 0.2) is 0 Å². The summed E-state index contributed by atoms with van der Waals surface area (Å²) in [5, 5.41) is 4.90. The van der Waals surface area contributed by atoms with Gasteiger partial charge >= 0.3 is 6.03 Å². The zero-order chi connectivity index (χ0) is 22.2. The number of carbonyl (C=O) groups is 3. The van der Waals surface area contributed by atoms with Crippen LogP contribution in [-0.4, -0.2) is 41.9 Å². The normalized spacial score (nSPS) is 19.6. The quantitative estimate of drug-likeness (QED) is 0.591. The van der Waals surface area contributed by atoms with Crippen molar-refractivity contribution in [1.82, 2.24) is 15.5 Å². The van der Waals surface area contributed by atoms with E-state index in [-0.39, 0.29) is 18.4 Å². The van der Waals surface area contributed by atoms with Gasteiger partial charge in [0, 0.05) is 17.7 Å². The number of imide groups is 1. The first kappa shape index (κ1) is 20.5. The van der Waals surface area contributed by atoms with E-state index in [1.165, 1.54) is 12.0 Å². The second-order valence-corrected chi connectivity index (χ2v) is 7.99. The zero-order valence-corrected chi connectivity index (χ0v) is 17.6. The van der Waals surface area contributed by atoms with Gasteiger partial charge in [0.05, 0.1) is 13.7 Å². The first-order valence-electron chi connectivity index (χ1n) is 10.0. The molecule has 2 aliphatic rings. The van der Waals surface area contributed by atoms with Gasteiger partial charge in [0.2, 0.25) is 5.54 Å². The highest BCUT2D eigenvalue weighted by molar-refractivity contribution is 6.10. The molecule has 7 heteroatoms. The molecule has 0 aliphatic carbocycles. The van der Waals surface area contributed by atoms with Gasteiger partial charge in [-0.15, -0.1) is 0 Å². The molecule has 2 heterocycles. The third kappa shape index (κ3) is 3.73. The first-order chi connectivity index (χ1) is 14.8. The van der Waals surface area contributed by atoms with E-state index in [1.54, 1.807) is 12.1 Å². The van der Waals surface area contributed by atoms with Crippen molar-refractivity contribution in [3.05, 3.63) is 64.7 Å². The summed E-state index contributed by atoms with van der Waals surface area (Å²) >= 11 is 0. The summed E-state index contributed by atoms with van der Waals surface area (Å²) < 4.78 is 5.21. The van der Waals surface area contributed by atoms with E-state index in [1.807, 2.05) is 30.3 Å². The Morgan fingerprint density at radius 3 is 2.61 bits per heavy atom. The molecule has 31 heavy (non-hydrogen) atoms. The Labute approximate surface area is 180 Å². The number of amides is 4. The lowest BCUT2D eigenvalue weighted by Crippen LogP contribution is -2.54. The number of methoxy groups -OCH3 is 1. The van der Waals surface area contributed by atoms with Crippen LogP contribution in [0.25, 0.3) is 0 Å². The summed E-state index contributed by atoms with van der Waals surface area (Å²) in [4.78, 5) is 39.2. The average molecular weight is 417 g/mol. The predicted molar refractivity (Wildman–Crippen MR) is 115 cm³/mol. The Balaban J connectivity index is 1.68. The number of benzene rings is 2. The van der Waals surface area contributed by atoms with E-state index in [0.717, 1.165) is 16.7 Å². The SMILES string of the molecule is COc1ccc2c(c1)C(=O)N(C[C@]1(C#Cc3ccccc3C(C)C)NC(=O)NC1=O)C2. The summed E-state index contributed by atoms with van der Waals surface area (Å²) in [6.45, 7) is 4.40. The molecule has 4 rings (SSSR count). The van der Waals surface area contributed by atoms with Crippen LogP contribution in [0.3, 0.4) is 0 Å². The number of rotatable bonds is 4. The van der Waals surface area contributed by atoms with Gasteiger partial charge in [0.25, 0.3) is 11.8 Å². The fourth-order valence-electron chi connectivity index (χ4n) is 3.90. The molecule has 0 saturated carbocycles. The van der Waals surface area contributed by atoms with Gasteiger partial charge in [0.1, 0.15) is 5.75 Å². The lowest BCUT2D eigenvalue weighted by molar-refractivity contribution is -0.122. The first-order valence-corrected chi connectivity index (χ1v) is 10.0. The Kier molecular flexibility index (Phi) is 5.15. The largest absolute Gasteiger partial charge is 0.497 e. The van der Waals surface area contributed by atoms with Gasteiger partial charge in [-0.25, -0.2) is 4.79 Å². The second-order valence-electron chi connectivity index (χ2n) is 7.99. The van der Waals surface area contributed by atoms with Crippen LogP contribution in [0.1, 0.15) is 46.8 Å². The molecule has 0 spiro atoms. The third-order valence-electron chi connectivity index (χ3n) is 5.56. The summed E-state index contributed by atoms with van der Waals surface area (Å²) in [5.41, 5.74) is 1.67. The Morgan fingerprint density at radius 2 is 1.94 bits per heavy atom. The van der Waals surface area contributed by atoms with Crippen molar-refractivity contribution in [3.8, 4) is 17.6 Å². The van der Waals surface area contributed by atoms with Crippen molar-refractivity contribution >= 4 is 17.8 Å². The second kappa shape index (κ2) is 7.80. The maximum atomic E-state index is 13.0. The Hall–Kier alpha value is -3.79. The van der Waals surface area contributed by atoms with Crippen molar-refractivity contribution in [2.75, 3.05) is 13.7 Å². The van der Waals surface area contributed by atoms with Crippen LogP contribution >= 0.6 is 0 Å². The standard InChI is InChI=1S/C24H23N3O4/c1-15(2)19-7-5-4-6-16(19)10-11-24(22(29)25-23(30)26-24)14-27-13-17-8-9-18(31-3)12-20(17)21(27)28/h4-9,12,15H,13-14H2,1-3H3,(H2,25,26,29,30)/t24-/m0/s1. The number of hydrogen-bond acceptors (Lipinski definition) is 4. The number of carbonyl (C=O) groups excluding carboxylic acids is 3. The van der Waals surface area contributed by atoms with E-state index in [9.17, 15) is 14.4 Å². The topological polar surface area (TPSA) is 87.7 Å². The monoisotopic (exact) mass is 417 g/mol. The highest BCUT2D eigenvalue weighted by Gasteiger charge is 2.48. The molecular weight excluding hydrogens is 394 g/mol. The Morgan fingerprint density at radius 1 is 1.16 bits per heavy atom. The summed E-state index contributed by atoms with van der Waals surface area (Å²) in [7, 11) is 1.54. The van der Waals surface area contributed by atoms with Crippen LogP contribution in [0.4, 0.5) is 4.79 Å². The van der Waals surface area contributed by atoms with E-state index in [0.29, 0.717) is 17.9 Å². The minimum absolute atomic E-state index is 0.0583. The number of nitrogens with zero attached hydrogens (tertiary/aromatic N) is 1. The molecule has 2 aromatic rings. The van der Waals surface area contributed by atoms with Crippen molar-refractivity contribution in [2.45, 2.75) is 31.8 Å². The number of nitrogens with one attached hydrogen (secondary N) is 2. The molecule has 0 unspecified atom stereocenters. The molecule has 2 N–H and O–H groups in total. The van der Waals surface area contributed by atoms with Crippen molar-refractivity contribution < 1.29 is 19.1 Å². The minimum atomic E-state index is -1.52. The Bertz CT molecular complexity index is 1140. The van der Waals surface area contributed by atoms with E-state index < -0.39 is 17.5 Å². The summed E-state index contributed by atoms with van der Waals surface area (Å²) in [6, 6.07) is 12.4. The van der Waals surface area contributed by atoms with Crippen LogP contribution in [0.15, 0.2) is 42.5 Å². The highest BCUT2D eigenvalue weighted by atomic mass is 16.5. The molecule has 7 nitrogen and oxygen atoms in total. The molecule has 4 amide bonds. The molecule has 0 bridgehead atoms. The van der Waals surface area contributed by atoms with Crippen LogP contribution < -0.4 is 15.4 Å². The molecular formula is C24H23N3O4. The summed E-state index contributed by atoms with van der Waals surface area (Å²) in [6.07, 6.45) is 0.